The minimum atomic E-state index is -0.785. The second kappa shape index (κ2) is 10.2. The average Bonchev–Trinajstić information content (AvgIpc) is 2.38. The smallest absolute Gasteiger partial charge is 0.317 e. The fraction of sp³-hybridized carbons (Fsp3) is 0.769. The van der Waals surface area contributed by atoms with E-state index in [2.05, 4.69) is 11.4 Å². The van der Waals surface area contributed by atoms with E-state index < -0.39 is 5.97 Å². The molecule has 0 aromatic rings. The van der Waals surface area contributed by atoms with Crippen LogP contribution in [0.25, 0.3) is 0 Å². The van der Waals surface area contributed by atoms with Crippen LogP contribution < -0.4 is 5.32 Å². The SMILES string of the molecule is CCN(CC(C)C#N)C(=O)NCCCCCC(=O)O. The van der Waals surface area contributed by atoms with Gasteiger partial charge in [-0.15, -0.1) is 0 Å². The van der Waals surface area contributed by atoms with Crippen LogP contribution in [0.5, 0.6) is 0 Å². The lowest BCUT2D eigenvalue weighted by Crippen LogP contribution is -2.42. The lowest BCUT2D eigenvalue weighted by atomic mass is 10.2. The molecule has 6 nitrogen and oxygen atoms in total. The van der Waals surface area contributed by atoms with Crippen LogP contribution in [-0.4, -0.2) is 41.6 Å². The number of urea groups is 1. The Morgan fingerprint density at radius 1 is 1.37 bits per heavy atom. The number of rotatable bonds is 9. The Morgan fingerprint density at radius 3 is 2.58 bits per heavy atom. The summed E-state index contributed by atoms with van der Waals surface area (Å²) in [7, 11) is 0. The zero-order valence-corrected chi connectivity index (χ0v) is 11.7. The van der Waals surface area contributed by atoms with Gasteiger partial charge in [-0.2, -0.15) is 5.26 Å². The second-order valence-corrected chi connectivity index (χ2v) is 4.51. The zero-order chi connectivity index (χ0) is 14.7. The van der Waals surface area contributed by atoms with Crippen LogP contribution in [0, 0.1) is 17.2 Å². The summed E-state index contributed by atoms with van der Waals surface area (Å²) in [5, 5.41) is 20.0. The van der Waals surface area contributed by atoms with Crippen LogP contribution in [0.4, 0.5) is 4.79 Å². The van der Waals surface area contributed by atoms with Crippen molar-refractivity contribution in [3.05, 3.63) is 0 Å². The molecule has 19 heavy (non-hydrogen) atoms. The number of hydrogen-bond acceptors (Lipinski definition) is 3. The summed E-state index contributed by atoms with van der Waals surface area (Å²) >= 11 is 0. The van der Waals surface area contributed by atoms with Crippen molar-refractivity contribution < 1.29 is 14.7 Å². The molecule has 1 unspecified atom stereocenters. The number of carboxylic acids is 1. The summed E-state index contributed by atoms with van der Waals surface area (Å²) in [5.74, 6) is -0.965. The average molecular weight is 269 g/mol. The third-order valence-electron chi connectivity index (χ3n) is 2.73. The first kappa shape index (κ1) is 17.2. The molecule has 0 spiro atoms. The van der Waals surface area contributed by atoms with Gasteiger partial charge >= 0.3 is 12.0 Å². The molecule has 1 atom stereocenters. The van der Waals surface area contributed by atoms with Crippen molar-refractivity contribution in [1.82, 2.24) is 10.2 Å². The van der Waals surface area contributed by atoms with Gasteiger partial charge in [0.25, 0.3) is 0 Å². The highest BCUT2D eigenvalue weighted by Gasteiger charge is 2.13. The van der Waals surface area contributed by atoms with Crippen molar-refractivity contribution in [2.24, 2.45) is 5.92 Å². The van der Waals surface area contributed by atoms with E-state index in [1.165, 1.54) is 0 Å². The minimum Gasteiger partial charge on any atom is -0.481 e. The maximum absolute atomic E-state index is 11.8. The lowest BCUT2D eigenvalue weighted by molar-refractivity contribution is -0.137. The van der Waals surface area contributed by atoms with Crippen molar-refractivity contribution in [3.63, 3.8) is 0 Å². The standard InChI is InChI=1S/C13H23N3O3/c1-3-16(10-11(2)9-14)13(19)15-8-6-4-5-7-12(17)18/h11H,3-8,10H2,1-2H3,(H,15,19)(H,17,18). The highest BCUT2D eigenvalue weighted by Crippen LogP contribution is 2.01. The number of nitrogens with zero attached hydrogens (tertiary/aromatic N) is 2. The molecule has 108 valence electrons. The number of hydrogen-bond donors (Lipinski definition) is 2. The van der Waals surface area contributed by atoms with Gasteiger partial charge in [-0.3, -0.25) is 4.79 Å². The number of nitrogens with one attached hydrogen (secondary N) is 1. The van der Waals surface area contributed by atoms with E-state index in [0.29, 0.717) is 26.1 Å². The largest absolute Gasteiger partial charge is 0.481 e. The van der Waals surface area contributed by atoms with Gasteiger partial charge < -0.3 is 15.3 Å². The molecule has 2 amide bonds. The molecular weight excluding hydrogens is 246 g/mol. The quantitative estimate of drug-likeness (QED) is 0.624. The molecular formula is C13H23N3O3. The summed E-state index contributed by atoms with van der Waals surface area (Å²) in [6.07, 6.45) is 2.36. The van der Waals surface area contributed by atoms with E-state index >= 15 is 0 Å². The van der Waals surface area contributed by atoms with Gasteiger partial charge in [-0.05, 0) is 26.7 Å². The molecule has 0 rings (SSSR count). The Labute approximate surface area is 114 Å². The number of carbonyl (C=O) groups excluding carboxylic acids is 1. The first-order chi connectivity index (χ1) is 9.01. The van der Waals surface area contributed by atoms with E-state index in [4.69, 9.17) is 10.4 Å². The van der Waals surface area contributed by atoms with Gasteiger partial charge in [0.1, 0.15) is 0 Å². The predicted molar refractivity (Wildman–Crippen MR) is 71.5 cm³/mol. The first-order valence-corrected chi connectivity index (χ1v) is 6.65. The van der Waals surface area contributed by atoms with Crippen LogP contribution >= 0.6 is 0 Å². The van der Waals surface area contributed by atoms with Crippen molar-refractivity contribution in [3.8, 4) is 6.07 Å². The Morgan fingerprint density at radius 2 is 2.05 bits per heavy atom. The maximum atomic E-state index is 11.8. The molecule has 0 heterocycles. The zero-order valence-electron chi connectivity index (χ0n) is 11.7. The first-order valence-electron chi connectivity index (χ1n) is 6.65. The van der Waals surface area contributed by atoms with Crippen LogP contribution in [0.1, 0.15) is 39.5 Å². The van der Waals surface area contributed by atoms with Gasteiger partial charge in [-0.1, -0.05) is 6.42 Å². The topological polar surface area (TPSA) is 93.4 Å². The predicted octanol–water partition coefficient (Wildman–Crippen LogP) is 1.82. The van der Waals surface area contributed by atoms with Gasteiger partial charge in [0.05, 0.1) is 12.0 Å². The molecule has 0 aromatic heterocycles. The molecule has 0 fully saturated rings. The number of nitriles is 1. The third-order valence-corrected chi connectivity index (χ3v) is 2.73. The molecule has 0 aliphatic heterocycles. The molecule has 6 heteroatoms. The highest BCUT2D eigenvalue weighted by atomic mass is 16.4. The van der Waals surface area contributed by atoms with Crippen molar-refractivity contribution in [2.45, 2.75) is 39.5 Å². The van der Waals surface area contributed by atoms with Crippen molar-refractivity contribution in [2.75, 3.05) is 19.6 Å². The van der Waals surface area contributed by atoms with Crippen LogP contribution in [0.3, 0.4) is 0 Å². The van der Waals surface area contributed by atoms with E-state index in [-0.39, 0.29) is 18.4 Å². The number of carbonyl (C=O) groups is 2. The van der Waals surface area contributed by atoms with Crippen molar-refractivity contribution in [1.29, 1.82) is 5.26 Å². The molecule has 0 saturated heterocycles. The molecule has 0 saturated carbocycles. The summed E-state index contributed by atoms with van der Waals surface area (Å²) in [6, 6.07) is 1.94. The van der Waals surface area contributed by atoms with Gasteiger partial charge in [0.15, 0.2) is 0 Å². The second-order valence-electron chi connectivity index (χ2n) is 4.51. The fourth-order valence-electron chi connectivity index (χ4n) is 1.61. The van der Waals surface area contributed by atoms with Gasteiger partial charge in [0, 0.05) is 26.1 Å². The number of unbranched alkanes of at least 4 members (excludes halogenated alkanes) is 2. The summed E-state index contributed by atoms with van der Waals surface area (Å²) in [6.45, 7) is 5.18. The Hall–Kier alpha value is -1.77. The van der Waals surface area contributed by atoms with E-state index in [1.54, 1.807) is 11.8 Å². The molecule has 0 bridgehead atoms. The Bertz CT molecular complexity index is 326. The summed E-state index contributed by atoms with van der Waals surface area (Å²) < 4.78 is 0. The molecule has 0 radical (unpaired) electrons. The summed E-state index contributed by atoms with van der Waals surface area (Å²) in [5.41, 5.74) is 0. The maximum Gasteiger partial charge on any atom is 0.317 e. The van der Waals surface area contributed by atoms with E-state index in [9.17, 15) is 9.59 Å². The van der Waals surface area contributed by atoms with Gasteiger partial charge in [0.2, 0.25) is 0 Å². The van der Waals surface area contributed by atoms with E-state index in [0.717, 1.165) is 12.8 Å². The highest BCUT2D eigenvalue weighted by molar-refractivity contribution is 5.74. The van der Waals surface area contributed by atoms with Gasteiger partial charge in [-0.25, -0.2) is 4.79 Å². The minimum absolute atomic E-state index is 0.164. The fourth-order valence-corrected chi connectivity index (χ4v) is 1.61. The normalized spacial score (nSPS) is 11.4. The summed E-state index contributed by atoms with van der Waals surface area (Å²) in [4.78, 5) is 23.7. The van der Waals surface area contributed by atoms with Crippen molar-refractivity contribution >= 4 is 12.0 Å². The number of aliphatic carboxylic acids is 1. The Kier molecular flexibility index (Phi) is 9.23. The van der Waals surface area contributed by atoms with Crippen LogP contribution in [0.15, 0.2) is 0 Å². The number of carboxylic acid groups (broad SMARTS) is 1. The van der Waals surface area contributed by atoms with Crippen LogP contribution in [0.2, 0.25) is 0 Å². The van der Waals surface area contributed by atoms with Crippen LogP contribution in [-0.2, 0) is 4.79 Å². The molecule has 0 aliphatic rings. The monoisotopic (exact) mass is 269 g/mol. The van der Waals surface area contributed by atoms with E-state index in [1.807, 2.05) is 6.92 Å². The molecule has 0 aliphatic carbocycles. The lowest BCUT2D eigenvalue weighted by Gasteiger charge is -2.22. The number of amides is 2. The molecule has 0 aromatic carbocycles. The Balaban J connectivity index is 3.77. The molecule has 2 N–H and O–H groups in total. The third kappa shape index (κ3) is 8.89.